The van der Waals surface area contributed by atoms with Gasteiger partial charge in [-0.05, 0) is 51.7 Å². The summed E-state index contributed by atoms with van der Waals surface area (Å²) in [6.45, 7) is 4.87. The number of hydrogen-bond donors (Lipinski definition) is 1. The van der Waals surface area contributed by atoms with Crippen LogP contribution in [0.15, 0.2) is 0 Å². The van der Waals surface area contributed by atoms with Gasteiger partial charge in [-0.25, -0.2) is 0 Å². The van der Waals surface area contributed by atoms with Crippen molar-refractivity contribution in [3.63, 3.8) is 0 Å². The number of likely N-dealkylation sites (N-methyl/N-ethyl adjacent to an activating group) is 1. The monoisotopic (exact) mass is 292 g/mol. The van der Waals surface area contributed by atoms with E-state index >= 15 is 0 Å². The van der Waals surface area contributed by atoms with Crippen molar-refractivity contribution in [1.29, 1.82) is 0 Å². The van der Waals surface area contributed by atoms with Gasteiger partial charge in [0.2, 0.25) is 0 Å². The molecule has 1 aliphatic heterocycles. The van der Waals surface area contributed by atoms with E-state index in [2.05, 4.69) is 10.2 Å². The SMILES string of the molecule is CCNC(CCC(F)(F)F)C1(N2CCCC2)CCCC1. The van der Waals surface area contributed by atoms with E-state index in [0.717, 1.165) is 45.3 Å². The maximum Gasteiger partial charge on any atom is 0.389 e. The molecule has 20 heavy (non-hydrogen) atoms. The number of hydrogen-bond acceptors (Lipinski definition) is 2. The van der Waals surface area contributed by atoms with Crippen molar-refractivity contribution in [2.75, 3.05) is 19.6 Å². The van der Waals surface area contributed by atoms with Gasteiger partial charge in [0.15, 0.2) is 0 Å². The average Bonchev–Trinajstić information content (AvgIpc) is 3.03. The summed E-state index contributed by atoms with van der Waals surface area (Å²) in [5.74, 6) is 0. The van der Waals surface area contributed by atoms with Gasteiger partial charge >= 0.3 is 6.18 Å². The first-order valence-corrected chi connectivity index (χ1v) is 8.03. The van der Waals surface area contributed by atoms with Crippen molar-refractivity contribution in [2.24, 2.45) is 0 Å². The van der Waals surface area contributed by atoms with Crippen LogP contribution < -0.4 is 5.32 Å². The molecule has 0 aromatic heterocycles. The molecular weight excluding hydrogens is 265 g/mol. The zero-order valence-electron chi connectivity index (χ0n) is 12.4. The molecule has 118 valence electrons. The molecule has 1 unspecified atom stereocenters. The Morgan fingerprint density at radius 2 is 1.70 bits per heavy atom. The molecule has 1 saturated carbocycles. The van der Waals surface area contributed by atoms with Gasteiger partial charge in [-0.1, -0.05) is 19.8 Å². The lowest BCUT2D eigenvalue weighted by Crippen LogP contribution is -2.59. The van der Waals surface area contributed by atoms with Crippen LogP contribution in [0.25, 0.3) is 0 Å². The van der Waals surface area contributed by atoms with Crippen LogP contribution in [0.5, 0.6) is 0 Å². The lowest BCUT2D eigenvalue weighted by molar-refractivity contribution is -0.138. The molecule has 0 amide bonds. The summed E-state index contributed by atoms with van der Waals surface area (Å²) in [5, 5.41) is 3.37. The molecule has 0 aromatic carbocycles. The van der Waals surface area contributed by atoms with Crippen molar-refractivity contribution in [3.8, 4) is 0 Å². The van der Waals surface area contributed by atoms with Crippen LogP contribution in [0.4, 0.5) is 13.2 Å². The van der Waals surface area contributed by atoms with Crippen molar-refractivity contribution >= 4 is 0 Å². The largest absolute Gasteiger partial charge is 0.389 e. The molecule has 1 heterocycles. The molecule has 1 saturated heterocycles. The molecule has 2 aliphatic rings. The molecule has 2 rings (SSSR count). The normalized spacial score (nSPS) is 25.2. The van der Waals surface area contributed by atoms with Crippen LogP contribution in [-0.2, 0) is 0 Å². The van der Waals surface area contributed by atoms with Crippen molar-refractivity contribution in [1.82, 2.24) is 10.2 Å². The molecule has 0 radical (unpaired) electrons. The molecule has 2 nitrogen and oxygen atoms in total. The Kier molecular flexibility index (Phi) is 5.35. The Labute approximate surface area is 120 Å². The molecular formula is C15H27F3N2. The van der Waals surface area contributed by atoms with E-state index in [1.54, 1.807) is 0 Å². The summed E-state index contributed by atoms with van der Waals surface area (Å²) in [5.41, 5.74) is -0.0161. The third-order valence-electron chi connectivity index (χ3n) is 5.02. The second-order valence-electron chi connectivity index (χ2n) is 6.27. The fourth-order valence-corrected chi connectivity index (χ4v) is 4.15. The number of likely N-dealkylation sites (tertiary alicyclic amines) is 1. The Balaban J connectivity index is 2.09. The second kappa shape index (κ2) is 6.65. The van der Waals surface area contributed by atoms with Gasteiger partial charge in [0.1, 0.15) is 0 Å². The lowest BCUT2D eigenvalue weighted by Gasteiger charge is -2.45. The highest BCUT2D eigenvalue weighted by Crippen LogP contribution is 2.42. The Morgan fingerprint density at radius 1 is 1.10 bits per heavy atom. The number of rotatable bonds is 6. The summed E-state index contributed by atoms with van der Waals surface area (Å²) >= 11 is 0. The van der Waals surface area contributed by atoms with Crippen LogP contribution in [0.2, 0.25) is 0 Å². The molecule has 5 heteroatoms. The third-order valence-corrected chi connectivity index (χ3v) is 5.02. The smallest absolute Gasteiger partial charge is 0.312 e. The maximum atomic E-state index is 12.6. The van der Waals surface area contributed by atoms with Crippen LogP contribution in [0.1, 0.15) is 58.3 Å². The minimum atomic E-state index is -4.04. The van der Waals surface area contributed by atoms with E-state index in [4.69, 9.17) is 0 Å². The standard InChI is InChI=1S/C15H27F3N2/c1-2-19-13(7-10-15(16,17)18)14(8-3-4-9-14)20-11-5-6-12-20/h13,19H,2-12H2,1H3. The summed E-state index contributed by atoms with van der Waals surface area (Å²) in [7, 11) is 0. The van der Waals surface area contributed by atoms with E-state index in [0.29, 0.717) is 0 Å². The fraction of sp³-hybridized carbons (Fsp3) is 1.00. The van der Waals surface area contributed by atoms with Gasteiger partial charge in [-0.15, -0.1) is 0 Å². The highest BCUT2D eigenvalue weighted by Gasteiger charge is 2.47. The predicted octanol–water partition coefficient (Wildman–Crippen LogP) is 3.72. The van der Waals surface area contributed by atoms with Gasteiger partial charge in [0, 0.05) is 18.0 Å². The first-order valence-electron chi connectivity index (χ1n) is 8.03. The molecule has 0 aromatic rings. The summed E-state index contributed by atoms with van der Waals surface area (Å²) in [4.78, 5) is 2.49. The first kappa shape index (κ1) is 16.1. The van der Waals surface area contributed by atoms with E-state index < -0.39 is 12.6 Å². The number of halogens is 3. The zero-order valence-corrected chi connectivity index (χ0v) is 12.4. The Bertz CT molecular complexity index is 292. The van der Waals surface area contributed by atoms with Gasteiger partial charge in [-0.2, -0.15) is 13.2 Å². The molecule has 1 atom stereocenters. The summed E-state index contributed by atoms with van der Waals surface area (Å²) < 4.78 is 37.8. The first-order chi connectivity index (χ1) is 9.48. The van der Waals surface area contributed by atoms with Crippen LogP contribution in [0.3, 0.4) is 0 Å². The lowest BCUT2D eigenvalue weighted by atomic mass is 9.83. The summed E-state index contributed by atoms with van der Waals surface area (Å²) in [6.07, 6.45) is 2.33. The van der Waals surface area contributed by atoms with Crippen molar-refractivity contribution < 1.29 is 13.2 Å². The minimum Gasteiger partial charge on any atom is -0.312 e. The minimum absolute atomic E-state index is 0.0161. The Hall–Kier alpha value is -0.290. The van der Waals surface area contributed by atoms with Gasteiger partial charge in [-0.3, -0.25) is 4.90 Å². The highest BCUT2D eigenvalue weighted by molar-refractivity contribution is 5.04. The quantitative estimate of drug-likeness (QED) is 0.802. The average molecular weight is 292 g/mol. The molecule has 1 aliphatic carbocycles. The highest BCUT2D eigenvalue weighted by atomic mass is 19.4. The van der Waals surface area contributed by atoms with Crippen molar-refractivity contribution in [2.45, 2.75) is 76.0 Å². The zero-order chi connectivity index (χ0) is 14.6. The second-order valence-corrected chi connectivity index (χ2v) is 6.27. The van der Waals surface area contributed by atoms with E-state index in [-0.39, 0.29) is 18.0 Å². The molecule has 0 bridgehead atoms. The molecule has 0 spiro atoms. The fourth-order valence-electron chi connectivity index (χ4n) is 4.15. The van der Waals surface area contributed by atoms with Crippen molar-refractivity contribution in [3.05, 3.63) is 0 Å². The number of nitrogens with one attached hydrogen (secondary N) is 1. The van der Waals surface area contributed by atoms with E-state index in [1.807, 2.05) is 6.92 Å². The Morgan fingerprint density at radius 3 is 2.20 bits per heavy atom. The van der Waals surface area contributed by atoms with Gasteiger partial charge in [0.25, 0.3) is 0 Å². The van der Waals surface area contributed by atoms with E-state index in [9.17, 15) is 13.2 Å². The van der Waals surface area contributed by atoms with Gasteiger partial charge in [0.05, 0.1) is 0 Å². The maximum absolute atomic E-state index is 12.6. The van der Waals surface area contributed by atoms with E-state index in [1.165, 1.54) is 12.8 Å². The predicted molar refractivity (Wildman–Crippen MR) is 74.8 cm³/mol. The summed E-state index contributed by atoms with van der Waals surface area (Å²) in [6, 6.07) is -0.0188. The third kappa shape index (κ3) is 3.67. The molecule has 1 N–H and O–H groups in total. The van der Waals surface area contributed by atoms with Crippen LogP contribution in [-0.4, -0.2) is 42.3 Å². The number of alkyl halides is 3. The molecule has 2 fully saturated rings. The van der Waals surface area contributed by atoms with Gasteiger partial charge < -0.3 is 5.32 Å². The van der Waals surface area contributed by atoms with Crippen LogP contribution >= 0.6 is 0 Å². The number of nitrogens with zero attached hydrogens (tertiary/aromatic N) is 1. The topological polar surface area (TPSA) is 15.3 Å². The van der Waals surface area contributed by atoms with Crippen LogP contribution in [0, 0.1) is 0 Å².